The third-order valence-corrected chi connectivity index (χ3v) is 5.96. The van der Waals surface area contributed by atoms with Crippen LogP contribution in [0.1, 0.15) is 5.56 Å². The van der Waals surface area contributed by atoms with Crippen LogP contribution in [0.15, 0.2) is 76.7 Å². The summed E-state index contributed by atoms with van der Waals surface area (Å²) in [7, 11) is 3.05. The van der Waals surface area contributed by atoms with Gasteiger partial charge in [-0.25, -0.2) is 4.98 Å². The number of benzene rings is 3. The molecule has 1 heterocycles. The van der Waals surface area contributed by atoms with Crippen molar-refractivity contribution in [3.8, 4) is 23.3 Å². The fourth-order valence-corrected chi connectivity index (χ4v) is 4.22. The number of carbonyl (C=O) groups excluding carboxylic acids is 1. The maximum absolute atomic E-state index is 13.4. The van der Waals surface area contributed by atoms with Crippen LogP contribution in [0.4, 0.5) is 5.69 Å². The predicted molar refractivity (Wildman–Crippen MR) is 131 cm³/mol. The Morgan fingerprint density at radius 1 is 1.06 bits per heavy atom. The van der Waals surface area contributed by atoms with Crippen molar-refractivity contribution in [1.82, 2.24) is 9.55 Å². The number of aromatic nitrogens is 2. The van der Waals surface area contributed by atoms with Crippen molar-refractivity contribution in [2.45, 2.75) is 5.16 Å². The van der Waals surface area contributed by atoms with E-state index in [1.165, 1.54) is 18.8 Å². The molecule has 3 aromatic carbocycles. The van der Waals surface area contributed by atoms with E-state index in [2.05, 4.69) is 16.4 Å². The molecule has 0 saturated heterocycles. The lowest BCUT2D eigenvalue weighted by Crippen LogP contribution is -2.23. The van der Waals surface area contributed by atoms with E-state index in [1.54, 1.807) is 66.7 Å². The molecule has 34 heavy (non-hydrogen) atoms. The summed E-state index contributed by atoms with van der Waals surface area (Å²) in [6, 6.07) is 21.0. The van der Waals surface area contributed by atoms with E-state index in [4.69, 9.17) is 9.47 Å². The molecular formula is C25H20N4O4S. The van der Waals surface area contributed by atoms with E-state index in [9.17, 15) is 14.9 Å². The van der Waals surface area contributed by atoms with Crippen molar-refractivity contribution >= 4 is 34.3 Å². The number of nitrogens with one attached hydrogen (secondary N) is 1. The number of nitrogens with zero attached hydrogens (tertiary/aromatic N) is 3. The third kappa shape index (κ3) is 4.58. The number of methoxy groups -OCH3 is 2. The van der Waals surface area contributed by atoms with Gasteiger partial charge < -0.3 is 14.8 Å². The smallest absolute Gasteiger partial charge is 0.266 e. The van der Waals surface area contributed by atoms with Gasteiger partial charge in [-0.1, -0.05) is 36.0 Å². The molecule has 0 spiro atoms. The van der Waals surface area contributed by atoms with Crippen molar-refractivity contribution in [2.75, 3.05) is 25.3 Å². The molecule has 9 heteroatoms. The maximum Gasteiger partial charge on any atom is 0.266 e. The van der Waals surface area contributed by atoms with Crippen LogP contribution in [0.25, 0.3) is 16.6 Å². The van der Waals surface area contributed by atoms with Gasteiger partial charge in [0.1, 0.15) is 6.07 Å². The molecule has 8 nitrogen and oxygen atoms in total. The molecule has 0 aliphatic rings. The number of carbonyl (C=O) groups is 1. The summed E-state index contributed by atoms with van der Waals surface area (Å²) in [6.45, 7) is 0. The van der Waals surface area contributed by atoms with Gasteiger partial charge in [0.05, 0.1) is 47.8 Å². The predicted octanol–water partition coefficient (Wildman–Crippen LogP) is 4.01. The highest BCUT2D eigenvalue weighted by Crippen LogP contribution is 2.30. The van der Waals surface area contributed by atoms with Gasteiger partial charge in [0, 0.05) is 6.07 Å². The van der Waals surface area contributed by atoms with Crippen LogP contribution < -0.4 is 20.3 Å². The van der Waals surface area contributed by atoms with E-state index in [-0.39, 0.29) is 17.2 Å². The quantitative estimate of drug-likeness (QED) is 0.320. The molecule has 0 atom stereocenters. The fourth-order valence-electron chi connectivity index (χ4n) is 3.41. The van der Waals surface area contributed by atoms with Gasteiger partial charge in [-0.05, 0) is 36.4 Å². The zero-order chi connectivity index (χ0) is 24.1. The lowest BCUT2D eigenvalue weighted by atomic mass is 10.2. The third-order valence-electron chi connectivity index (χ3n) is 5.02. The Balaban J connectivity index is 1.71. The van der Waals surface area contributed by atoms with Gasteiger partial charge in [-0.3, -0.25) is 14.2 Å². The molecule has 0 fully saturated rings. The monoisotopic (exact) mass is 472 g/mol. The van der Waals surface area contributed by atoms with Crippen molar-refractivity contribution in [2.24, 2.45) is 0 Å². The van der Waals surface area contributed by atoms with Gasteiger partial charge in [0.2, 0.25) is 5.91 Å². The van der Waals surface area contributed by atoms with Crippen molar-refractivity contribution in [3.63, 3.8) is 0 Å². The zero-order valence-corrected chi connectivity index (χ0v) is 19.3. The number of para-hydroxylation sites is 2. The van der Waals surface area contributed by atoms with E-state index in [0.29, 0.717) is 44.5 Å². The van der Waals surface area contributed by atoms with Crippen LogP contribution >= 0.6 is 11.8 Å². The summed E-state index contributed by atoms with van der Waals surface area (Å²) in [6.07, 6.45) is 0. The SMILES string of the molecule is COc1ccc(-n2c(SCC(=O)Nc3ccccc3C#N)nc3ccccc3c2=O)cc1OC. The Kier molecular flexibility index (Phi) is 6.80. The highest BCUT2D eigenvalue weighted by Gasteiger charge is 2.17. The summed E-state index contributed by atoms with van der Waals surface area (Å²) in [5, 5.41) is 12.8. The minimum Gasteiger partial charge on any atom is -0.493 e. The van der Waals surface area contributed by atoms with Crippen molar-refractivity contribution in [3.05, 3.63) is 82.6 Å². The summed E-state index contributed by atoms with van der Waals surface area (Å²) in [5.74, 6) is 0.645. The first-order valence-electron chi connectivity index (χ1n) is 10.2. The highest BCUT2D eigenvalue weighted by atomic mass is 32.2. The van der Waals surface area contributed by atoms with Gasteiger partial charge in [0.15, 0.2) is 16.7 Å². The molecule has 1 amide bonds. The second-order valence-corrected chi connectivity index (χ2v) is 8.03. The zero-order valence-electron chi connectivity index (χ0n) is 18.4. The van der Waals surface area contributed by atoms with Gasteiger partial charge in [-0.15, -0.1) is 0 Å². The van der Waals surface area contributed by atoms with E-state index < -0.39 is 0 Å². The lowest BCUT2D eigenvalue weighted by molar-refractivity contribution is -0.113. The highest BCUT2D eigenvalue weighted by molar-refractivity contribution is 7.99. The molecule has 0 saturated carbocycles. The second-order valence-electron chi connectivity index (χ2n) is 7.09. The molecular weight excluding hydrogens is 452 g/mol. The first-order chi connectivity index (χ1) is 16.5. The Labute approximate surface area is 199 Å². The number of hydrogen-bond donors (Lipinski definition) is 1. The number of hydrogen-bond acceptors (Lipinski definition) is 7. The minimum atomic E-state index is -0.325. The Morgan fingerprint density at radius 3 is 2.56 bits per heavy atom. The molecule has 0 aliphatic heterocycles. The fraction of sp³-hybridized carbons (Fsp3) is 0.120. The van der Waals surface area contributed by atoms with Crippen LogP contribution in [0, 0.1) is 11.3 Å². The van der Waals surface area contributed by atoms with Crippen LogP contribution in [-0.2, 0) is 4.79 Å². The first kappa shape index (κ1) is 22.9. The van der Waals surface area contributed by atoms with Crippen molar-refractivity contribution in [1.29, 1.82) is 5.26 Å². The lowest BCUT2D eigenvalue weighted by Gasteiger charge is -2.15. The van der Waals surface area contributed by atoms with E-state index in [1.807, 2.05) is 0 Å². The van der Waals surface area contributed by atoms with E-state index in [0.717, 1.165) is 11.8 Å². The molecule has 0 radical (unpaired) electrons. The minimum absolute atomic E-state index is 0.0160. The Hall–Kier alpha value is -4.29. The largest absolute Gasteiger partial charge is 0.493 e. The average molecular weight is 473 g/mol. The number of fused-ring (bicyclic) bond motifs is 1. The van der Waals surface area contributed by atoms with Crippen LogP contribution in [0.5, 0.6) is 11.5 Å². The summed E-state index contributed by atoms with van der Waals surface area (Å²) < 4.78 is 12.1. The maximum atomic E-state index is 13.4. The molecule has 0 bridgehead atoms. The topological polar surface area (TPSA) is 106 Å². The number of anilines is 1. The molecule has 170 valence electrons. The molecule has 0 unspecified atom stereocenters. The Morgan fingerprint density at radius 2 is 1.79 bits per heavy atom. The normalized spacial score (nSPS) is 10.5. The van der Waals surface area contributed by atoms with Gasteiger partial charge in [0.25, 0.3) is 5.56 Å². The summed E-state index contributed by atoms with van der Waals surface area (Å²) in [5.41, 5.74) is 1.59. The summed E-state index contributed by atoms with van der Waals surface area (Å²) >= 11 is 1.12. The number of rotatable bonds is 7. The van der Waals surface area contributed by atoms with Crippen LogP contribution in [0.3, 0.4) is 0 Å². The second kappa shape index (κ2) is 10.1. The summed E-state index contributed by atoms with van der Waals surface area (Å²) in [4.78, 5) is 30.7. The number of nitriles is 1. The molecule has 4 aromatic rings. The molecule has 0 aliphatic carbocycles. The van der Waals surface area contributed by atoms with Gasteiger partial charge in [-0.2, -0.15) is 5.26 Å². The van der Waals surface area contributed by atoms with Crippen molar-refractivity contribution < 1.29 is 14.3 Å². The molecule has 4 rings (SSSR count). The first-order valence-corrected chi connectivity index (χ1v) is 11.2. The average Bonchev–Trinajstić information content (AvgIpc) is 2.87. The van der Waals surface area contributed by atoms with Crippen LogP contribution in [0.2, 0.25) is 0 Å². The molecule has 1 N–H and O–H groups in total. The Bertz CT molecular complexity index is 1480. The number of amides is 1. The van der Waals surface area contributed by atoms with Gasteiger partial charge >= 0.3 is 0 Å². The standard InChI is InChI=1S/C25H20N4O4S/c1-32-21-12-11-17(13-22(21)33-2)29-24(31)18-8-4-6-10-20(18)28-25(29)34-15-23(30)27-19-9-5-3-7-16(19)14-26/h3-13H,15H2,1-2H3,(H,27,30). The molecule has 1 aromatic heterocycles. The number of ether oxygens (including phenoxy) is 2. The number of thioether (sulfide) groups is 1. The van der Waals surface area contributed by atoms with E-state index >= 15 is 0 Å². The van der Waals surface area contributed by atoms with Crippen LogP contribution in [-0.4, -0.2) is 35.4 Å².